The van der Waals surface area contributed by atoms with Gasteiger partial charge in [-0.15, -0.1) is 0 Å². The molecule has 22 heavy (non-hydrogen) atoms. The zero-order chi connectivity index (χ0) is 15.9. The highest BCUT2D eigenvalue weighted by atomic mass is 35.5. The van der Waals surface area contributed by atoms with Gasteiger partial charge in [0.1, 0.15) is 5.65 Å². The van der Waals surface area contributed by atoms with E-state index >= 15 is 0 Å². The number of hydrogen-bond donors (Lipinski definition) is 0. The molecule has 6 nitrogen and oxygen atoms in total. The van der Waals surface area contributed by atoms with Crippen molar-refractivity contribution < 1.29 is 8.42 Å². The number of pyridine rings is 1. The third-order valence-electron chi connectivity index (χ3n) is 3.92. The Hall–Kier alpha value is -1.44. The first-order valence-electron chi connectivity index (χ1n) is 6.92. The van der Waals surface area contributed by atoms with Crippen molar-refractivity contribution in [2.24, 2.45) is 0 Å². The Morgan fingerprint density at radius 1 is 1.45 bits per heavy atom. The predicted molar refractivity (Wildman–Crippen MR) is 85.0 cm³/mol. The van der Waals surface area contributed by atoms with Crippen LogP contribution in [0.25, 0.3) is 5.65 Å². The Morgan fingerprint density at radius 2 is 2.23 bits per heavy atom. The molecule has 8 heteroatoms. The molecule has 1 saturated heterocycles. The monoisotopic (exact) mass is 341 g/mol. The minimum Gasteiger partial charge on any atom is -0.297 e. The van der Waals surface area contributed by atoms with Crippen molar-refractivity contribution in [2.75, 3.05) is 18.6 Å². The van der Waals surface area contributed by atoms with E-state index in [1.165, 1.54) is 16.7 Å². The summed E-state index contributed by atoms with van der Waals surface area (Å²) in [7, 11) is -1.06. The summed E-state index contributed by atoms with van der Waals surface area (Å²) >= 11 is 5.87. The lowest BCUT2D eigenvalue weighted by atomic mass is 10.2. The smallest absolute Gasteiger partial charge is 0.258 e. The second-order valence-corrected chi connectivity index (χ2v) is 8.30. The molecule has 0 spiro atoms. The first kappa shape index (κ1) is 15.5. The summed E-state index contributed by atoms with van der Waals surface area (Å²) in [6.45, 7) is 0.439. The summed E-state index contributed by atoms with van der Waals surface area (Å²) in [6.07, 6.45) is 2.16. The van der Waals surface area contributed by atoms with Gasteiger partial charge >= 0.3 is 0 Å². The lowest BCUT2D eigenvalue weighted by Gasteiger charge is -2.22. The summed E-state index contributed by atoms with van der Waals surface area (Å²) in [6, 6.07) is 4.81. The van der Waals surface area contributed by atoms with Gasteiger partial charge in [-0.3, -0.25) is 14.1 Å². The third-order valence-corrected chi connectivity index (χ3v) is 5.89. The van der Waals surface area contributed by atoms with Gasteiger partial charge in [0.15, 0.2) is 9.84 Å². The molecular weight excluding hydrogens is 326 g/mol. The van der Waals surface area contributed by atoms with Crippen molar-refractivity contribution in [2.45, 2.75) is 19.0 Å². The van der Waals surface area contributed by atoms with Crippen LogP contribution in [0.5, 0.6) is 0 Å². The standard InChI is InChI=1S/C14H16ClN3O3S/c1-17(12-4-5-22(20,21)9-12)8-11-6-14(19)18-7-10(15)2-3-13(18)16-11/h2-3,6-7,12H,4-5,8-9H2,1H3/t12-/m1/s1. The van der Waals surface area contributed by atoms with Crippen LogP contribution in [0.1, 0.15) is 12.1 Å². The van der Waals surface area contributed by atoms with E-state index in [4.69, 9.17) is 11.6 Å². The highest BCUT2D eigenvalue weighted by Gasteiger charge is 2.30. The fourth-order valence-electron chi connectivity index (χ4n) is 2.71. The molecule has 0 aliphatic carbocycles. The highest BCUT2D eigenvalue weighted by molar-refractivity contribution is 7.91. The maximum atomic E-state index is 12.1. The largest absolute Gasteiger partial charge is 0.297 e. The van der Waals surface area contributed by atoms with Crippen molar-refractivity contribution in [1.82, 2.24) is 14.3 Å². The number of rotatable bonds is 3. The minimum absolute atomic E-state index is 0.0181. The number of sulfone groups is 1. The zero-order valence-electron chi connectivity index (χ0n) is 12.1. The van der Waals surface area contributed by atoms with Gasteiger partial charge in [-0.05, 0) is 25.6 Å². The van der Waals surface area contributed by atoms with Crippen LogP contribution in [0, 0.1) is 0 Å². The van der Waals surface area contributed by atoms with E-state index in [1.807, 2.05) is 11.9 Å². The fourth-order valence-corrected chi connectivity index (χ4v) is 4.68. The molecule has 0 aromatic carbocycles. The summed E-state index contributed by atoms with van der Waals surface area (Å²) < 4.78 is 24.5. The molecule has 0 N–H and O–H groups in total. The van der Waals surface area contributed by atoms with Crippen LogP contribution in [-0.4, -0.2) is 47.3 Å². The second-order valence-electron chi connectivity index (χ2n) is 5.63. The van der Waals surface area contributed by atoms with Gasteiger partial charge in [0.05, 0.1) is 22.2 Å². The molecule has 1 atom stereocenters. The van der Waals surface area contributed by atoms with Crippen molar-refractivity contribution in [3.8, 4) is 0 Å². The maximum Gasteiger partial charge on any atom is 0.258 e. The second kappa shape index (κ2) is 5.64. The highest BCUT2D eigenvalue weighted by Crippen LogP contribution is 2.18. The molecule has 1 aliphatic rings. The molecule has 0 amide bonds. The van der Waals surface area contributed by atoms with E-state index in [1.54, 1.807) is 12.1 Å². The number of hydrogen-bond acceptors (Lipinski definition) is 5. The molecule has 0 radical (unpaired) electrons. The first-order valence-corrected chi connectivity index (χ1v) is 9.12. The number of aromatic nitrogens is 2. The van der Waals surface area contributed by atoms with Gasteiger partial charge in [0.25, 0.3) is 5.56 Å². The molecule has 0 saturated carbocycles. The van der Waals surface area contributed by atoms with Crippen LogP contribution in [-0.2, 0) is 16.4 Å². The van der Waals surface area contributed by atoms with Gasteiger partial charge in [-0.25, -0.2) is 13.4 Å². The van der Waals surface area contributed by atoms with Crippen LogP contribution in [0.4, 0.5) is 0 Å². The third kappa shape index (κ3) is 3.16. The molecule has 1 fully saturated rings. The Kier molecular flexibility index (Phi) is 3.96. The van der Waals surface area contributed by atoms with Crippen LogP contribution in [0.2, 0.25) is 5.02 Å². The predicted octanol–water partition coefficient (Wildman–Crippen LogP) is 0.967. The van der Waals surface area contributed by atoms with E-state index in [0.717, 1.165) is 0 Å². The number of fused-ring (bicyclic) bond motifs is 1. The summed E-state index contributed by atoms with van der Waals surface area (Å²) in [5, 5.41) is 0.470. The number of nitrogens with zero attached hydrogens (tertiary/aromatic N) is 3. The van der Waals surface area contributed by atoms with E-state index in [-0.39, 0.29) is 23.1 Å². The zero-order valence-corrected chi connectivity index (χ0v) is 13.6. The van der Waals surface area contributed by atoms with E-state index in [9.17, 15) is 13.2 Å². The molecule has 0 unspecified atom stereocenters. The van der Waals surface area contributed by atoms with Gasteiger partial charge in [-0.1, -0.05) is 11.6 Å². The van der Waals surface area contributed by atoms with Gasteiger partial charge in [-0.2, -0.15) is 0 Å². The van der Waals surface area contributed by atoms with Crippen molar-refractivity contribution in [3.63, 3.8) is 0 Å². The van der Waals surface area contributed by atoms with Gasteiger partial charge in [0.2, 0.25) is 0 Å². The summed E-state index contributed by atoms with van der Waals surface area (Å²) in [5.41, 5.74) is 0.952. The molecule has 2 aromatic heterocycles. The van der Waals surface area contributed by atoms with Crippen LogP contribution in [0.15, 0.2) is 29.2 Å². The molecular formula is C14H16ClN3O3S. The van der Waals surface area contributed by atoms with Crippen molar-refractivity contribution in [3.05, 3.63) is 45.5 Å². The van der Waals surface area contributed by atoms with Crippen LogP contribution >= 0.6 is 11.6 Å². The molecule has 3 heterocycles. The Bertz CT molecular complexity index is 879. The molecule has 2 aromatic rings. The van der Waals surface area contributed by atoms with Crippen molar-refractivity contribution >= 4 is 27.1 Å². The molecule has 118 valence electrons. The maximum absolute atomic E-state index is 12.1. The van der Waals surface area contributed by atoms with Crippen molar-refractivity contribution in [1.29, 1.82) is 0 Å². The quantitative estimate of drug-likeness (QED) is 0.831. The van der Waals surface area contributed by atoms with E-state index in [0.29, 0.717) is 29.3 Å². The fraction of sp³-hybridized carbons (Fsp3) is 0.429. The lowest BCUT2D eigenvalue weighted by molar-refractivity contribution is 0.251. The minimum atomic E-state index is -2.92. The van der Waals surface area contributed by atoms with Gasteiger partial charge in [0, 0.05) is 24.8 Å². The molecule has 0 bridgehead atoms. The Labute approximate surface area is 133 Å². The van der Waals surface area contributed by atoms with Gasteiger partial charge < -0.3 is 0 Å². The topological polar surface area (TPSA) is 71.8 Å². The Morgan fingerprint density at radius 3 is 2.91 bits per heavy atom. The lowest BCUT2D eigenvalue weighted by Crippen LogP contribution is -2.33. The van der Waals surface area contributed by atoms with Crippen LogP contribution in [0.3, 0.4) is 0 Å². The average Bonchev–Trinajstić information content (AvgIpc) is 2.80. The molecule has 1 aliphatic heterocycles. The molecule has 3 rings (SSSR count). The summed E-state index contributed by atoms with van der Waals surface area (Å²) in [5.74, 6) is 0.403. The Balaban J connectivity index is 1.85. The first-order chi connectivity index (χ1) is 10.3. The summed E-state index contributed by atoms with van der Waals surface area (Å²) in [4.78, 5) is 18.5. The average molecular weight is 342 g/mol. The SMILES string of the molecule is CN(Cc1cc(=O)n2cc(Cl)ccc2n1)[C@@H]1CCS(=O)(=O)C1. The number of halogens is 1. The van der Waals surface area contributed by atoms with E-state index < -0.39 is 9.84 Å². The normalized spacial score (nSPS) is 20.8. The van der Waals surface area contributed by atoms with Crippen LogP contribution < -0.4 is 5.56 Å². The van der Waals surface area contributed by atoms with E-state index in [2.05, 4.69) is 4.98 Å².